The van der Waals surface area contributed by atoms with Gasteiger partial charge in [0.2, 0.25) is 5.91 Å². The third kappa shape index (κ3) is 3.61. The zero-order chi connectivity index (χ0) is 21.3. The second kappa shape index (κ2) is 8.36. The maximum Gasteiger partial charge on any atom is 0.227 e. The molecular weight excluding hydrogens is 400 g/mol. The number of hydrogen-bond acceptors (Lipinski definition) is 4. The molecule has 6 heteroatoms. The van der Waals surface area contributed by atoms with E-state index in [1.54, 1.807) is 23.1 Å². The van der Waals surface area contributed by atoms with Gasteiger partial charge >= 0.3 is 0 Å². The van der Waals surface area contributed by atoms with Crippen molar-refractivity contribution in [3.63, 3.8) is 0 Å². The molecule has 2 unspecified atom stereocenters. The molecular formula is C24H23ClN2O3. The molecule has 30 heavy (non-hydrogen) atoms. The highest BCUT2D eigenvalue weighted by Gasteiger charge is 2.35. The molecule has 4 rings (SSSR count). The quantitative estimate of drug-likeness (QED) is 0.346. The molecule has 2 atom stereocenters. The zero-order valence-electron chi connectivity index (χ0n) is 16.4. The number of nitrogens with zero attached hydrogens (tertiary/aromatic N) is 1. The van der Waals surface area contributed by atoms with E-state index >= 15 is 0 Å². The van der Waals surface area contributed by atoms with Crippen LogP contribution in [0.4, 0.5) is 11.4 Å². The summed E-state index contributed by atoms with van der Waals surface area (Å²) in [6.07, 6.45) is 1.27. The number of anilines is 2. The van der Waals surface area contributed by atoms with E-state index in [-0.39, 0.29) is 36.3 Å². The van der Waals surface area contributed by atoms with Crippen molar-refractivity contribution in [2.24, 2.45) is 0 Å². The first-order valence-corrected chi connectivity index (χ1v) is 10.5. The summed E-state index contributed by atoms with van der Waals surface area (Å²) in [5.41, 5.74) is 8.99. The minimum atomic E-state index is -0.233. The molecule has 0 aliphatic carbocycles. The Hall–Kier alpha value is -3.05. The van der Waals surface area contributed by atoms with Gasteiger partial charge in [0.25, 0.3) is 0 Å². The fourth-order valence-corrected chi connectivity index (χ4v) is 4.58. The van der Waals surface area contributed by atoms with Gasteiger partial charge in [-0.15, -0.1) is 11.6 Å². The van der Waals surface area contributed by atoms with Crippen molar-refractivity contribution >= 4 is 45.9 Å². The van der Waals surface area contributed by atoms with Crippen LogP contribution in [0.3, 0.4) is 0 Å². The summed E-state index contributed by atoms with van der Waals surface area (Å²) in [6, 6.07) is 16.5. The van der Waals surface area contributed by atoms with Crippen LogP contribution in [-0.4, -0.2) is 29.7 Å². The maximum atomic E-state index is 13.3. The number of phenolic OH excluding ortho intramolecular Hbond substituents is 1. The average Bonchev–Trinajstić information content (AvgIpc) is 3.13. The summed E-state index contributed by atoms with van der Waals surface area (Å²) in [4.78, 5) is 26.2. The normalized spacial score (nSPS) is 16.4. The van der Waals surface area contributed by atoms with Crippen molar-refractivity contribution in [1.82, 2.24) is 0 Å². The summed E-state index contributed by atoms with van der Waals surface area (Å²) in [5, 5.41) is 12.2. The fourth-order valence-electron chi connectivity index (χ4n) is 4.33. The highest BCUT2D eigenvalue weighted by atomic mass is 35.5. The zero-order valence-corrected chi connectivity index (χ0v) is 17.2. The Morgan fingerprint density at radius 3 is 2.57 bits per heavy atom. The number of nitrogens with two attached hydrogens (primary N) is 1. The van der Waals surface area contributed by atoms with Gasteiger partial charge in [-0.2, -0.15) is 0 Å². The van der Waals surface area contributed by atoms with E-state index in [9.17, 15) is 14.7 Å². The molecule has 1 heterocycles. The van der Waals surface area contributed by atoms with E-state index in [2.05, 4.69) is 0 Å². The van der Waals surface area contributed by atoms with Crippen LogP contribution in [0.25, 0.3) is 10.8 Å². The summed E-state index contributed by atoms with van der Waals surface area (Å²) >= 11 is 6.25. The molecule has 3 N–H and O–H groups in total. The van der Waals surface area contributed by atoms with Crippen molar-refractivity contribution < 1.29 is 14.7 Å². The number of amides is 1. The van der Waals surface area contributed by atoms with E-state index < -0.39 is 0 Å². The predicted octanol–water partition coefficient (Wildman–Crippen LogP) is 4.56. The maximum absolute atomic E-state index is 13.3. The Bertz CT molecular complexity index is 1100. The number of benzene rings is 3. The van der Waals surface area contributed by atoms with Crippen LogP contribution in [0.15, 0.2) is 54.6 Å². The third-order valence-electron chi connectivity index (χ3n) is 5.84. The van der Waals surface area contributed by atoms with Crippen molar-refractivity contribution in [2.45, 2.75) is 24.7 Å². The number of hydrogen-bond donors (Lipinski definition) is 2. The van der Waals surface area contributed by atoms with Crippen LogP contribution in [0.5, 0.6) is 5.75 Å². The van der Waals surface area contributed by atoms with Crippen molar-refractivity contribution in [1.29, 1.82) is 0 Å². The lowest BCUT2D eigenvalue weighted by Crippen LogP contribution is -2.31. The summed E-state index contributed by atoms with van der Waals surface area (Å²) in [6.45, 7) is 0.459. The predicted molar refractivity (Wildman–Crippen MR) is 120 cm³/mol. The van der Waals surface area contributed by atoms with Gasteiger partial charge < -0.3 is 20.5 Å². The van der Waals surface area contributed by atoms with E-state index in [0.29, 0.717) is 23.8 Å². The second-order valence-corrected chi connectivity index (χ2v) is 8.01. The number of rotatable bonds is 6. The number of alkyl halides is 1. The van der Waals surface area contributed by atoms with Crippen LogP contribution in [0.1, 0.15) is 35.8 Å². The van der Waals surface area contributed by atoms with Gasteiger partial charge in [0.05, 0.1) is 5.69 Å². The van der Waals surface area contributed by atoms with Gasteiger partial charge in [-0.3, -0.25) is 4.79 Å². The van der Waals surface area contributed by atoms with Crippen molar-refractivity contribution in [3.05, 3.63) is 65.7 Å². The molecule has 1 aliphatic rings. The number of phenols is 1. The Morgan fingerprint density at radius 2 is 1.90 bits per heavy atom. The molecule has 0 aromatic heterocycles. The minimum Gasteiger partial charge on any atom is -0.507 e. The first kappa shape index (κ1) is 20.2. The van der Waals surface area contributed by atoms with Crippen molar-refractivity contribution in [2.75, 3.05) is 23.1 Å². The number of nitrogen functional groups attached to an aromatic ring is 1. The van der Waals surface area contributed by atoms with Crippen LogP contribution in [0, 0.1) is 0 Å². The standard InChI is InChI=1S/C24H23ClN2O3/c25-13-17-14-27(21-12-22(29)19-3-1-2-4-20(19)24(17)21)23(30)11-16(9-10-28)15-5-7-18(26)8-6-15/h1-8,10,12,16-17,29H,9,11,13-14,26H2. The highest BCUT2D eigenvalue weighted by molar-refractivity contribution is 6.19. The summed E-state index contributed by atoms with van der Waals surface area (Å²) in [5.74, 6) is 0.171. The Labute approximate surface area is 180 Å². The molecule has 0 bridgehead atoms. The molecule has 0 saturated heterocycles. The number of fused-ring (bicyclic) bond motifs is 3. The van der Waals surface area contributed by atoms with Gasteiger partial charge in [-0.05, 0) is 34.6 Å². The van der Waals surface area contributed by atoms with Crippen LogP contribution in [-0.2, 0) is 9.59 Å². The Balaban J connectivity index is 1.69. The van der Waals surface area contributed by atoms with Crippen LogP contribution in [0.2, 0.25) is 0 Å². The van der Waals surface area contributed by atoms with Gasteiger partial charge in [0.1, 0.15) is 12.0 Å². The SMILES string of the molecule is Nc1ccc(C(CC=O)CC(=O)N2CC(CCl)c3c2cc(O)c2ccccc32)cc1. The first-order valence-electron chi connectivity index (χ1n) is 9.93. The summed E-state index contributed by atoms with van der Waals surface area (Å²) in [7, 11) is 0. The third-order valence-corrected chi connectivity index (χ3v) is 6.21. The molecule has 5 nitrogen and oxygen atoms in total. The highest BCUT2D eigenvalue weighted by Crippen LogP contribution is 2.45. The lowest BCUT2D eigenvalue weighted by Gasteiger charge is -2.22. The molecule has 0 spiro atoms. The topological polar surface area (TPSA) is 83.6 Å². The first-order chi connectivity index (χ1) is 14.5. The number of aromatic hydroxyl groups is 1. The lowest BCUT2D eigenvalue weighted by atomic mass is 9.92. The number of halogens is 1. The molecule has 1 amide bonds. The number of carbonyl (C=O) groups excluding carboxylic acids is 2. The van der Waals surface area contributed by atoms with Crippen LogP contribution < -0.4 is 10.6 Å². The number of carbonyl (C=O) groups is 2. The van der Waals surface area contributed by atoms with E-state index in [1.807, 2.05) is 36.4 Å². The number of aldehydes is 1. The summed E-state index contributed by atoms with van der Waals surface area (Å²) < 4.78 is 0. The molecule has 3 aromatic carbocycles. The molecule has 154 valence electrons. The fraction of sp³-hybridized carbons (Fsp3) is 0.250. The van der Waals surface area contributed by atoms with Gasteiger partial charge in [0.15, 0.2) is 0 Å². The Kier molecular flexibility index (Phi) is 5.64. The molecule has 0 saturated carbocycles. The largest absolute Gasteiger partial charge is 0.507 e. The van der Waals surface area contributed by atoms with Gasteiger partial charge in [-0.1, -0.05) is 36.4 Å². The molecule has 1 aliphatic heterocycles. The van der Waals surface area contributed by atoms with E-state index in [4.69, 9.17) is 17.3 Å². The van der Waals surface area contributed by atoms with Gasteiger partial charge in [-0.25, -0.2) is 0 Å². The Morgan fingerprint density at radius 1 is 1.20 bits per heavy atom. The average molecular weight is 423 g/mol. The monoisotopic (exact) mass is 422 g/mol. The minimum absolute atomic E-state index is 0.0165. The molecule has 3 aromatic rings. The van der Waals surface area contributed by atoms with Crippen molar-refractivity contribution in [3.8, 4) is 5.75 Å². The lowest BCUT2D eigenvalue weighted by molar-refractivity contribution is -0.119. The van der Waals surface area contributed by atoms with Crippen LogP contribution >= 0.6 is 11.6 Å². The molecule has 0 fully saturated rings. The van der Waals surface area contributed by atoms with E-state index in [0.717, 1.165) is 28.2 Å². The second-order valence-electron chi connectivity index (χ2n) is 7.70. The smallest absolute Gasteiger partial charge is 0.227 e. The molecule has 0 radical (unpaired) electrons. The van der Waals surface area contributed by atoms with E-state index in [1.165, 1.54) is 0 Å². The van der Waals surface area contributed by atoms with Gasteiger partial charge in [0, 0.05) is 48.3 Å².